The SMILES string of the molecule is Cc1cccc(N2C(=O)CSC23CCN(S(=O)(=O)c2ccccc2)CC3)c1. The van der Waals surface area contributed by atoms with Crippen molar-refractivity contribution in [1.29, 1.82) is 0 Å². The largest absolute Gasteiger partial charge is 0.296 e. The van der Waals surface area contributed by atoms with E-state index in [1.54, 1.807) is 40.3 Å². The van der Waals surface area contributed by atoms with Crippen molar-refractivity contribution in [2.75, 3.05) is 23.7 Å². The Labute approximate surface area is 164 Å². The summed E-state index contributed by atoms with van der Waals surface area (Å²) in [5, 5.41) is 0. The molecular weight excluding hydrogens is 380 g/mol. The summed E-state index contributed by atoms with van der Waals surface area (Å²) in [6.45, 7) is 2.85. The fraction of sp³-hybridized carbons (Fsp3) is 0.350. The van der Waals surface area contributed by atoms with Gasteiger partial charge in [-0.3, -0.25) is 9.69 Å². The fourth-order valence-electron chi connectivity index (χ4n) is 3.88. The summed E-state index contributed by atoms with van der Waals surface area (Å²) in [7, 11) is -3.49. The molecule has 2 aliphatic heterocycles. The average Bonchev–Trinajstić information content (AvgIpc) is 2.98. The summed E-state index contributed by atoms with van der Waals surface area (Å²) in [4.78, 5) is 14.5. The smallest absolute Gasteiger partial charge is 0.243 e. The van der Waals surface area contributed by atoms with Gasteiger partial charge in [0.05, 0.1) is 15.5 Å². The van der Waals surface area contributed by atoms with E-state index in [1.165, 1.54) is 0 Å². The summed E-state index contributed by atoms with van der Waals surface area (Å²) in [5.74, 6) is 0.546. The van der Waals surface area contributed by atoms with Crippen molar-refractivity contribution in [3.8, 4) is 0 Å². The van der Waals surface area contributed by atoms with Gasteiger partial charge in [-0.15, -0.1) is 11.8 Å². The molecule has 0 saturated carbocycles. The van der Waals surface area contributed by atoms with Crippen molar-refractivity contribution in [1.82, 2.24) is 4.31 Å². The lowest BCUT2D eigenvalue weighted by molar-refractivity contribution is -0.116. The predicted octanol–water partition coefficient (Wildman–Crippen LogP) is 3.26. The first-order valence-corrected chi connectivity index (χ1v) is 11.4. The van der Waals surface area contributed by atoms with Crippen molar-refractivity contribution in [3.63, 3.8) is 0 Å². The molecule has 27 heavy (non-hydrogen) atoms. The quantitative estimate of drug-likeness (QED) is 0.791. The van der Waals surface area contributed by atoms with Crippen LogP contribution < -0.4 is 4.90 Å². The van der Waals surface area contributed by atoms with Crippen molar-refractivity contribution in [2.45, 2.75) is 29.5 Å². The Bertz CT molecular complexity index is 952. The molecule has 1 amide bonds. The minimum atomic E-state index is -3.49. The van der Waals surface area contributed by atoms with E-state index in [4.69, 9.17) is 0 Å². The molecule has 2 aliphatic rings. The van der Waals surface area contributed by atoms with Crippen molar-refractivity contribution in [2.24, 2.45) is 0 Å². The van der Waals surface area contributed by atoms with Crippen LogP contribution in [0.5, 0.6) is 0 Å². The Hall–Kier alpha value is -1.83. The fourth-order valence-corrected chi connectivity index (χ4v) is 6.68. The van der Waals surface area contributed by atoms with Gasteiger partial charge in [0.1, 0.15) is 0 Å². The van der Waals surface area contributed by atoms with E-state index in [-0.39, 0.29) is 10.8 Å². The number of piperidine rings is 1. The van der Waals surface area contributed by atoms with Crippen LogP contribution in [0, 0.1) is 6.92 Å². The molecule has 4 rings (SSSR count). The molecule has 7 heteroatoms. The molecule has 0 bridgehead atoms. The van der Waals surface area contributed by atoms with Crippen molar-refractivity contribution < 1.29 is 13.2 Å². The van der Waals surface area contributed by atoms with E-state index in [0.29, 0.717) is 36.6 Å². The molecule has 5 nitrogen and oxygen atoms in total. The number of hydrogen-bond acceptors (Lipinski definition) is 4. The summed E-state index contributed by atoms with van der Waals surface area (Å²) >= 11 is 1.65. The third-order valence-electron chi connectivity index (χ3n) is 5.27. The molecule has 142 valence electrons. The molecule has 2 aromatic carbocycles. The number of sulfonamides is 1. The van der Waals surface area contributed by atoms with E-state index in [2.05, 4.69) is 0 Å². The van der Waals surface area contributed by atoms with E-state index in [1.807, 2.05) is 42.2 Å². The normalized spacial score (nSPS) is 20.3. The van der Waals surface area contributed by atoms with Gasteiger partial charge in [0.25, 0.3) is 0 Å². The second-order valence-electron chi connectivity index (χ2n) is 7.02. The van der Waals surface area contributed by atoms with Crippen LogP contribution >= 0.6 is 11.8 Å². The van der Waals surface area contributed by atoms with Gasteiger partial charge in [-0.2, -0.15) is 4.31 Å². The lowest BCUT2D eigenvalue weighted by atomic mass is 10.0. The Kier molecular flexibility index (Phi) is 4.78. The van der Waals surface area contributed by atoms with Crippen LogP contribution in [-0.4, -0.2) is 42.3 Å². The minimum absolute atomic E-state index is 0.102. The number of aryl methyl sites for hydroxylation is 1. The molecule has 1 spiro atoms. The molecule has 2 fully saturated rings. The first-order chi connectivity index (χ1) is 12.9. The zero-order chi connectivity index (χ0) is 19.1. The molecule has 0 radical (unpaired) electrons. The molecular formula is C20H22N2O3S2. The molecule has 0 aliphatic carbocycles. The number of hydrogen-bond donors (Lipinski definition) is 0. The van der Waals surface area contributed by atoms with Crippen LogP contribution in [0.1, 0.15) is 18.4 Å². The van der Waals surface area contributed by atoms with Crippen LogP contribution in [-0.2, 0) is 14.8 Å². The summed E-state index contributed by atoms with van der Waals surface area (Å²) in [6.07, 6.45) is 1.26. The molecule has 2 saturated heterocycles. The van der Waals surface area contributed by atoms with Crippen molar-refractivity contribution in [3.05, 3.63) is 60.2 Å². The Balaban J connectivity index is 1.58. The number of thioether (sulfide) groups is 1. The van der Waals surface area contributed by atoms with Crippen LogP contribution in [0.15, 0.2) is 59.5 Å². The third kappa shape index (κ3) is 3.28. The maximum absolute atomic E-state index is 12.9. The Morgan fingerprint density at radius 1 is 1.00 bits per heavy atom. The summed E-state index contributed by atoms with van der Waals surface area (Å²) < 4.78 is 27.3. The predicted molar refractivity (Wildman–Crippen MR) is 108 cm³/mol. The summed E-state index contributed by atoms with van der Waals surface area (Å²) in [6, 6.07) is 16.5. The van der Waals surface area contributed by atoms with Gasteiger partial charge in [-0.1, -0.05) is 30.3 Å². The second-order valence-corrected chi connectivity index (χ2v) is 10.3. The monoisotopic (exact) mass is 402 g/mol. The lowest BCUT2D eigenvalue weighted by Crippen LogP contribution is -2.53. The zero-order valence-electron chi connectivity index (χ0n) is 15.2. The van der Waals surface area contributed by atoms with Crippen LogP contribution in [0.4, 0.5) is 5.69 Å². The van der Waals surface area contributed by atoms with Crippen LogP contribution in [0.3, 0.4) is 0 Å². The highest BCUT2D eigenvalue weighted by molar-refractivity contribution is 8.02. The first-order valence-electron chi connectivity index (χ1n) is 9.01. The molecule has 0 aromatic heterocycles. The van der Waals surface area contributed by atoms with Gasteiger partial charge in [-0.25, -0.2) is 8.42 Å². The number of benzene rings is 2. The van der Waals surface area contributed by atoms with E-state index in [0.717, 1.165) is 11.3 Å². The highest BCUT2D eigenvalue weighted by atomic mass is 32.2. The molecule has 0 atom stereocenters. The minimum Gasteiger partial charge on any atom is -0.296 e. The van der Waals surface area contributed by atoms with E-state index < -0.39 is 10.0 Å². The molecule has 0 N–H and O–H groups in total. The van der Waals surface area contributed by atoms with Gasteiger partial charge in [0, 0.05) is 18.8 Å². The number of carbonyl (C=O) groups excluding carboxylic acids is 1. The second kappa shape index (κ2) is 6.96. The van der Waals surface area contributed by atoms with Crippen LogP contribution in [0.2, 0.25) is 0 Å². The first kappa shape index (κ1) is 18.5. The Morgan fingerprint density at radius 2 is 1.70 bits per heavy atom. The number of amides is 1. The average molecular weight is 403 g/mol. The lowest BCUT2D eigenvalue weighted by Gasteiger charge is -2.43. The maximum atomic E-state index is 12.9. The summed E-state index contributed by atoms with van der Waals surface area (Å²) in [5.41, 5.74) is 2.01. The molecule has 2 heterocycles. The van der Waals surface area contributed by atoms with Gasteiger partial charge in [0.2, 0.25) is 15.9 Å². The Morgan fingerprint density at radius 3 is 2.37 bits per heavy atom. The zero-order valence-corrected chi connectivity index (χ0v) is 16.8. The standard InChI is InChI=1S/C20H22N2O3S2/c1-16-6-5-7-17(14-16)22-19(23)15-26-20(22)10-12-21(13-11-20)27(24,25)18-8-3-2-4-9-18/h2-9,14H,10-13,15H2,1H3. The van der Waals surface area contributed by atoms with E-state index >= 15 is 0 Å². The molecule has 2 aromatic rings. The number of carbonyl (C=O) groups is 1. The van der Waals surface area contributed by atoms with Crippen molar-refractivity contribution >= 4 is 33.4 Å². The third-order valence-corrected chi connectivity index (χ3v) is 8.70. The topological polar surface area (TPSA) is 57.7 Å². The highest BCUT2D eigenvalue weighted by Crippen LogP contribution is 2.47. The van der Waals surface area contributed by atoms with Gasteiger partial charge < -0.3 is 0 Å². The van der Waals surface area contributed by atoms with Gasteiger partial charge in [-0.05, 0) is 49.6 Å². The number of nitrogens with zero attached hydrogens (tertiary/aromatic N) is 2. The van der Waals surface area contributed by atoms with E-state index in [9.17, 15) is 13.2 Å². The maximum Gasteiger partial charge on any atom is 0.243 e. The van der Waals surface area contributed by atoms with Crippen LogP contribution in [0.25, 0.3) is 0 Å². The highest BCUT2D eigenvalue weighted by Gasteiger charge is 2.49. The van der Waals surface area contributed by atoms with Gasteiger partial charge in [0.15, 0.2) is 0 Å². The number of rotatable bonds is 3. The van der Waals surface area contributed by atoms with Gasteiger partial charge >= 0.3 is 0 Å². The molecule has 0 unspecified atom stereocenters. The number of anilines is 1.